The fourth-order valence-corrected chi connectivity index (χ4v) is 1.64. The minimum atomic E-state index is -0.415. The molecule has 0 aliphatic heterocycles. The van der Waals surface area contributed by atoms with Gasteiger partial charge in [-0.25, -0.2) is 9.97 Å². The standard InChI is InChI=1S/C11H6Cl3N3O/c12-7-2-1-3-15-10(7)17-11(18)6-4-8(13)9(14)16-5-6/h1-5H,(H,15,17,18). The molecule has 2 aromatic rings. The molecular weight excluding hydrogens is 296 g/mol. The summed E-state index contributed by atoms with van der Waals surface area (Å²) >= 11 is 17.3. The summed E-state index contributed by atoms with van der Waals surface area (Å²) in [5.74, 6) is -0.142. The van der Waals surface area contributed by atoms with Gasteiger partial charge in [-0.2, -0.15) is 0 Å². The number of aromatic nitrogens is 2. The zero-order valence-electron chi connectivity index (χ0n) is 8.82. The first-order valence-corrected chi connectivity index (χ1v) is 5.94. The summed E-state index contributed by atoms with van der Waals surface area (Å²) in [7, 11) is 0. The van der Waals surface area contributed by atoms with Crippen molar-refractivity contribution in [3.05, 3.63) is 51.4 Å². The summed E-state index contributed by atoms with van der Waals surface area (Å²) in [4.78, 5) is 19.6. The Morgan fingerprint density at radius 3 is 2.61 bits per heavy atom. The van der Waals surface area contributed by atoms with Gasteiger partial charge in [0, 0.05) is 12.4 Å². The zero-order chi connectivity index (χ0) is 13.1. The van der Waals surface area contributed by atoms with Crippen molar-refractivity contribution >= 4 is 46.5 Å². The summed E-state index contributed by atoms with van der Waals surface area (Å²) < 4.78 is 0. The second-order valence-electron chi connectivity index (χ2n) is 3.28. The van der Waals surface area contributed by atoms with Gasteiger partial charge in [0.15, 0.2) is 5.82 Å². The van der Waals surface area contributed by atoms with Gasteiger partial charge in [-0.1, -0.05) is 34.8 Å². The van der Waals surface area contributed by atoms with Gasteiger partial charge in [0.25, 0.3) is 5.91 Å². The van der Waals surface area contributed by atoms with E-state index in [2.05, 4.69) is 15.3 Å². The quantitative estimate of drug-likeness (QED) is 0.861. The van der Waals surface area contributed by atoms with E-state index < -0.39 is 5.91 Å². The normalized spacial score (nSPS) is 10.2. The Balaban J connectivity index is 2.22. The number of nitrogens with one attached hydrogen (secondary N) is 1. The van der Waals surface area contributed by atoms with Crippen LogP contribution < -0.4 is 5.32 Å². The molecule has 4 nitrogen and oxygen atoms in total. The molecule has 0 atom stereocenters. The molecule has 0 fully saturated rings. The van der Waals surface area contributed by atoms with Crippen LogP contribution in [0.25, 0.3) is 0 Å². The van der Waals surface area contributed by atoms with Crippen molar-refractivity contribution in [2.75, 3.05) is 5.32 Å². The largest absolute Gasteiger partial charge is 0.305 e. The van der Waals surface area contributed by atoms with Crippen molar-refractivity contribution in [1.29, 1.82) is 0 Å². The third kappa shape index (κ3) is 2.90. The van der Waals surface area contributed by atoms with E-state index in [4.69, 9.17) is 34.8 Å². The molecule has 1 N–H and O–H groups in total. The molecule has 0 saturated carbocycles. The third-order valence-electron chi connectivity index (χ3n) is 2.05. The highest BCUT2D eigenvalue weighted by Gasteiger charge is 2.11. The first-order chi connectivity index (χ1) is 8.58. The molecule has 92 valence electrons. The highest BCUT2D eigenvalue weighted by atomic mass is 35.5. The minimum absolute atomic E-state index is 0.143. The lowest BCUT2D eigenvalue weighted by Gasteiger charge is -2.06. The molecule has 18 heavy (non-hydrogen) atoms. The predicted octanol–water partition coefficient (Wildman–Crippen LogP) is 3.69. The average Bonchev–Trinajstić information content (AvgIpc) is 2.35. The van der Waals surface area contributed by atoms with Crippen LogP contribution in [-0.4, -0.2) is 15.9 Å². The fraction of sp³-hybridized carbons (Fsp3) is 0. The van der Waals surface area contributed by atoms with Crippen LogP contribution in [0.3, 0.4) is 0 Å². The van der Waals surface area contributed by atoms with Gasteiger partial charge in [-0.3, -0.25) is 4.79 Å². The number of carbonyl (C=O) groups excluding carboxylic acids is 1. The number of nitrogens with zero attached hydrogens (tertiary/aromatic N) is 2. The fourth-order valence-electron chi connectivity index (χ4n) is 1.20. The van der Waals surface area contributed by atoms with Crippen LogP contribution in [-0.2, 0) is 0 Å². The van der Waals surface area contributed by atoms with Crippen molar-refractivity contribution in [2.24, 2.45) is 0 Å². The number of pyridine rings is 2. The zero-order valence-corrected chi connectivity index (χ0v) is 11.1. The Labute approximate surface area is 118 Å². The lowest BCUT2D eigenvalue weighted by atomic mass is 10.2. The molecule has 7 heteroatoms. The van der Waals surface area contributed by atoms with E-state index >= 15 is 0 Å². The van der Waals surface area contributed by atoms with Crippen LogP contribution >= 0.6 is 34.8 Å². The Morgan fingerprint density at radius 2 is 1.94 bits per heavy atom. The minimum Gasteiger partial charge on any atom is -0.305 e. The van der Waals surface area contributed by atoms with Crippen molar-refractivity contribution in [2.45, 2.75) is 0 Å². The lowest BCUT2D eigenvalue weighted by Crippen LogP contribution is -2.13. The second-order valence-corrected chi connectivity index (χ2v) is 4.46. The molecule has 0 spiro atoms. The van der Waals surface area contributed by atoms with Crippen LogP contribution in [0.1, 0.15) is 10.4 Å². The maximum Gasteiger partial charge on any atom is 0.258 e. The maximum atomic E-state index is 11.9. The van der Waals surface area contributed by atoms with Crippen LogP contribution in [0.2, 0.25) is 15.2 Å². The van der Waals surface area contributed by atoms with E-state index in [0.717, 1.165) is 0 Å². The van der Waals surface area contributed by atoms with Gasteiger partial charge in [-0.15, -0.1) is 0 Å². The first kappa shape index (κ1) is 13.1. The maximum absolute atomic E-state index is 11.9. The summed E-state index contributed by atoms with van der Waals surface area (Å²) in [6.07, 6.45) is 2.84. The number of anilines is 1. The molecule has 2 rings (SSSR count). The van der Waals surface area contributed by atoms with Gasteiger partial charge in [0.1, 0.15) is 5.15 Å². The van der Waals surface area contributed by atoms with Crippen LogP contribution in [0.15, 0.2) is 30.6 Å². The number of hydrogen-bond donors (Lipinski definition) is 1. The van der Waals surface area contributed by atoms with Gasteiger partial charge in [0.05, 0.1) is 15.6 Å². The smallest absolute Gasteiger partial charge is 0.258 e. The Hall–Kier alpha value is -1.36. The third-order valence-corrected chi connectivity index (χ3v) is 3.04. The topological polar surface area (TPSA) is 54.9 Å². The molecule has 0 aliphatic rings. The van der Waals surface area contributed by atoms with Crippen molar-refractivity contribution in [3.8, 4) is 0 Å². The molecule has 0 aliphatic carbocycles. The van der Waals surface area contributed by atoms with E-state index in [-0.39, 0.29) is 21.6 Å². The predicted molar refractivity (Wildman–Crippen MR) is 71.5 cm³/mol. The number of hydrogen-bond acceptors (Lipinski definition) is 3. The highest BCUT2D eigenvalue weighted by Crippen LogP contribution is 2.21. The number of rotatable bonds is 2. The SMILES string of the molecule is O=C(Nc1ncccc1Cl)c1cnc(Cl)c(Cl)c1. The monoisotopic (exact) mass is 301 g/mol. The number of carbonyl (C=O) groups is 1. The summed E-state index contributed by atoms with van der Waals surface area (Å²) in [5.41, 5.74) is 0.270. The molecule has 0 saturated heterocycles. The molecule has 0 unspecified atom stereocenters. The van der Waals surface area contributed by atoms with E-state index in [1.807, 2.05) is 0 Å². The van der Waals surface area contributed by atoms with E-state index in [0.29, 0.717) is 5.02 Å². The van der Waals surface area contributed by atoms with Crippen molar-refractivity contribution in [1.82, 2.24) is 9.97 Å². The molecular formula is C11H6Cl3N3O. The molecule has 0 bridgehead atoms. The van der Waals surface area contributed by atoms with E-state index in [9.17, 15) is 4.79 Å². The first-order valence-electron chi connectivity index (χ1n) is 4.81. The number of halogens is 3. The summed E-state index contributed by atoms with van der Waals surface area (Å²) in [5, 5.41) is 3.24. The van der Waals surface area contributed by atoms with Gasteiger partial charge in [0.2, 0.25) is 0 Å². The molecule has 0 radical (unpaired) electrons. The summed E-state index contributed by atoms with van der Waals surface area (Å²) in [6, 6.07) is 4.71. The van der Waals surface area contributed by atoms with E-state index in [1.165, 1.54) is 18.5 Å². The number of amides is 1. The molecule has 2 heterocycles. The van der Waals surface area contributed by atoms with Crippen LogP contribution in [0, 0.1) is 0 Å². The Morgan fingerprint density at radius 1 is 1.17 bits per heavy atom. The second kappa shape index (κ2) is 5.52. The molecule has 0 aromatic carbocycles. The van der Waals surface area contributed by atoms with E-state index in [1.54, 1.807) is 12.1 Å². The van der Waals surface area contributed by atoms with Crippen molar-refractivity contribution < 1.29 is 4.79 Å². The van der Waals surface area contributed by atoms with Gasteiger partial charge in [-0.05, 0) is 18.2 Å². The Bertz CT molecular complexity index is 604. The molecule has 1 amide bonds. The van der Waals surface area contributed by atoms with Gasteiger partial charge < -0.3 is 5.32 Å². The lowest BCUT2D eigenvalue weighted by molar-refractivity contribution is 0.102. The van der Waals surface area contributed by atoms with Crippen LogP contribution in [0.5, 0.6) is 0 Å². The Kier molecular flexibility index (Phi) is 4.01. The highest BCUT2D eigenvalue weighted by molar-refractivity contribution is 6.41. The van der Waals surface area contributed by atoms with Gasteiger partial charge >= 0.3 is 0 Å². The van der Waals surface area contributed by atoms with Crippen LogP contribution in [0.4, 0.5) is 5.82 Å². The van der Waals surface area contributed by atoms with Crippen molar-refractivity contribution in [3.63, 3.8) is 0 Å². The molecule has 2 aromatic heterocycles. The summed E-state index contributed by atoms with van der Waals surface area (Å²) in [6.45, 7) is 0. The average molecular weight is 303 g/mol.